The van der Waals surface area contributed by atoms with Crippen LogP contribution < -0.4 is 9.64 Å². The third-order valence-corrected chi connectivity index (χ3v) is 8.19. The van der Waals surface area contributed by atoms with Crippen LogP contribution in [0.25, 0.3) is 0 Å². The van der Waals surface area contributed by atoms with Crippen LogP contribution >= 0.6 is 11.3 Å². The lowest BCUT2D eigenvalue weighted by atomic mass is 10.1. The third-order valence-electron chi connectivity index (χ3n) is 7.06. The Bertz CT molecular complexity index is 1350. The molecule has 0 aliphatic carbocycles. The fourth-order valence-electron chi connectivity index (χ4n) is 4.74. The van der Waals surface area contributed by atoms with E-state index in [1.807, 2.05) is 13.8 Å². The summed E-state index contributed by atoms with van der Waals surface area (Å²) in [4.78, 5) is 24.8. The molecule has 9 nitrogen and oxygen atoms in total. The molecule has 0 saturated carbocycles. The Balaban J connectivity index is 1.03. The Morgan fingerprint density at radius 2 is 1.95 bits per heavy atom. The maximum Gasteiger partial charge on any atom is 0.443 e. The van der Waals surface area contributed by atoms with E-state index in [-0.39, 0.29) is 56.0 Å². The van der Waals surface area contributed by atoms with Gasteiger partial charge in [-0.2, -0.15) is 18.2 Å². The summed E-state index contributed by atoms with van der Waals surface area (Å²) >= 11 is 0.552. The fourth-order valence-corrected chi connectivity index (χ4v) is 5.73. The second kappa shape index (κ2) is 12.3. The molecule has 1 amide bonds. The highest BCUT2D eigenvalue weighted by Gasteiger charge is 2.37. The maximum absolute atomic E-state index is 14.7. The van der Waals surface area contributed by atoms with Crippen LogP contribution in [0.2, 0.25) is 0 Å². The predicted octanol–water partition coefficient (Wildman–Crippen LogP) is 5.00. The summed E-state index contributed by atoms with van der Waals surface area (Å²) < 4.78 is 70.5. The van der Waals surface area contributed by atoms with Crippen LogP contribution in [-0.4, -0.2) is 64.9 Å². The first-order valence-electron chi connectivity index (χ1n) is 13.5. The molecule has 0 bridgehead atoms. The van der Waals surface area contributed by atoms with Gasteiger partial charge < -0.3 is 23.8 Å². The van der Waals surface area contributed by atoms with Crippen LogP contribution in [0.5, 0.6) is 5.75 Å². The standard InChI is InChI=1S/C27H31F4N5O4S/c1-16(2)24-33-26(40-34-24)35-8-5-18(6-9-35)38-11-12-39-19-4-3-17(20(28)14-19)13-23(37)36-10-7-21-22(15-36)41-25(32-21)27(29,30)31/h3-4,14,16,18H,5-13,15H2,1-2H3. The number of amides is 1. The van der Waals surface area contributed by atoms with Crippen molar-refractivity contribution in [2.45, 2.75) is 64.3 Å². The van der Waals surface area contributed by atoms with Crippen molar-refractivity contribution >= 4 is 23.3 Å². The van der Waals surface area contributed by atoms with E-state index in [4.69, 9.17) is 14.0 Å². The van der Waals surface area contributed by atoms with Gasteiger partial charge in [0.2, 0.25) is 5.91 Å². The highest BCUT2D eigenvalue weighted by atomic mass is 32.1. The minimum absolute atomic E-state index is 0.0414. The SMILES string of the molecule is CC(C)c1noc(N2CCC(OCCOc3ccc(CC(=O)N4CCc5nc(C(F)(F)F)sc5C4)c(F)c3)CC2)n1. The first-order valence-corrected chi connectivity index (χ1v) is 14.3. The van der Waals surface area contributed by atoms with E-state index in [2.05, 4.69) is 20.0 Å². The van der Waals surface area contributed by atoms with Crippen LogP contribution in [0.1, 0.15) is 59.6 Å². The van der Waals surface area contributed by atoms with Gasteiger partial charge in [-0.15, -0.1) is 11.3 Å². The molecule has 1 aromatic carbocycles. The molecule has 0 atom stereocenters. The van der Waals surface area contributed by atoms with Crippen LogP contribution in [-0.2, 0) is 35.1 Å². The number of piperidine rings is 1. The molecule has 0 unspecified atom stereocenters. The van der Waals surface area contributed by atoms with Crippen molar-refractivity contribution in [3.63, 3.8) is 0 Å². The van der Waals surface area contributed by atoms with Crippen molar-refractivity contribution in [3.05, 3.63) is 51.0 Å². The number of halogens is 4. The lowest BCUT2D eigenvalue weighted by molar-refractivity contribution is -0.137. The lowest BCUT2D eigenvalue weighted by Crippen LogP contribution is -2.37. The first kappa shape index (κ1) is 29.2. The number of anilines is 1. The number of benzene rings is 1. The number of hydrogen-bond donors (Lipinski definition) is 0. The van der Waals surface area contributed by atoms with Crippen LogP contribution in [0, 0.1) is 5.82 Å². The van der Waals surface area contributed by atoms with E-state index >= 15 is 0 Å². The average Bonchev–Trinajstić information content (AvgIpc) is 3.60. The average molecular weight is 598 g/mol. The van der Waals surface area contributed by atoms with Gasteiger partial charge in [-0.05, 0) is 24.5 Å². The predicted molar refractivity (Wildman–Crippen MR) is 141 cm³/mol. The van der Waals surface area contributed by atoms with Crippen molar-refractivity contribution in [1.82, 2.24) is 20.0 Å². The zero-order valence-corrected chi connectivity index (χ0v) is 23.6. The Labute approximate surface area is 238 Å². The zero-order chi connectivity index (χ0) is 29.1. The second-order valence-electron chi connectivity index (χ2n) is 10.4. The molecule has 2 aliphatic rings. The van der Waals surface area contributed by atoms with Gasteiger partial charge in [-0.25, -0.2) is 9.37 Å². The maximum atomic E-state index is 14.7. The number of ether oxygens (including phenoxy) is 2. The van der Waals surface area contributed by atoms with Crippen molar-refractivity contribution in [2.75, 3.05) is 37.7 Å². The highest BCUT2D eigenvalue weighted by molar-refractivity contribution is 7.11. The summed E-state index contributed by atoms with van der Waals surface area (Å²) in [6.07, 6.45) is -2.78. The molecule has 0 N–H and O–H groups in total. The van der Waals surface area contributed by atoms with Gasteiger partial charge in [0.15, 0.2) is 10.8 Å². The number of fused-ring (bicyclic) bond motifs is 1. The van der Waals surface area contributed by atoms with E-state index in [1.165, 1.54) is 17.0 Å². The van der Waals surface area contributed by atoms with Gasteiger partial charge in [-0.3, -0.25) is 4.79 Å². The smallest absolute Gasteiger partial charge is 0.443 e. The van der Waals surface area contributed by atoms with Crippen LogP contribution in [0.4, 0.5) is 23.6 Å². The molecule has 41 heavy (non-hydrogen) atoms. The van der Waals surface area contributed by atoms with Crippen molar-refractivity contribution in [1.29, 1.82) is 0 Å². The number of thiazole rings is 1. The molecule has 5 rings (SSSR count). The molecular weight excluding hydrogens is 566 g/mol. The van der Waals surface area contributed by atoms with Gasteiger partial charge >= 0.3 is 12.2 Å². The van der Waals surface area contributed by atoms with E-state index in [0.717, 1.165) is 25.9 Å². The summed E-state index contributed by atoms with van der Waals surface area (Å²) in [5, 5.41) is 3.10. The summed E-state index contributed by atoms with van der Waals surface area (Å²) in [5.41, 5.74) is 0.565. The molecule has 2 aromatic heterocycles. The first-order chi connectivity index (χ1) is 19.6. The normalized spacial score (nSPS) is 16.4. The molecule has 3 aromatic rings. The van der Waals surface area contributed by atoms with Crippen LogP contribution in [0.3, 0.4) is 0 Å². The summed E-state index contributed by atoms with van der Waals surface area (Å²) in [6.45, 7) is 6.38. The topological polar surface area (TPSA) is 93.8 Å². The Morgan fingerprint density at radius 1 is 1.17 bits per heavy atom. The number of carbonyl (C=O) groups excluding carboxylic acids is 1. The Morgan fingerprint density at radius 3 is 2.63 bits per heavy atom. The summed E-state index contributed by atoms with van der Waals surface area (Å²) in [7, 11) is 0. The lowest BCUT2D eigenvalue weighted by Gasteiger charge is -2.30. The van der Waals surface area contributed by atoms with Gasteiger partial charge in [0.1, 0.15) is 18.2 Å². The summed E-state index contributed by atoms with van der Waals surface area (Å²) in [6, 6.07) is 4.84. The second-order valence-corrected chi connectivity index (χ2v) is 11.5. The zero-order valence-electron chi connectivity index (χ0n) is 22.7. The van der Waals surface area contributed by atoms with Crippen molar-refractivity contribution < 1.29 is 36.4 Å². The molecule has 4 heterocycles. The molecule has 0 spiro atoms. The Hall–Kier alpha value is -3.26. The number of alkyl halides is 3. The molecule has 2 aliphatic heterocycles. The number of hydrogen-bond acceptors (Lipinski definition) is 9. The molecule has 222 valence electrons. The number of carbonyl (C=O) groups is 1. The monoisotopic (exact) mass is 597 g/mol. The number of aromatic nitrogens is 3. The van der Waals surface area contributed by atoms with E-state index < -0.39 is 17.0 Å². The van der Waals surface area contributed by atoms with E-state index in [0.29, 0.717) is 46.1 Å². The largest absolute Gasteiger partial charge is 0.491 e. The van der Waals surface area contributed by atoms with Crippen molar-refractivity contribution in [3.8, 4) is 5.75 Å². The summed E-state index contributed by atoms with van der Waals surface area (Å²) in [5.74, 6) is 0.274. The fraction of sp³-hybridized carbons (Fsp3) is 0.556. The quantitative estimate of drug-likeness (QED) is 0.251. The number of rotatable bonds is 9. The minimum atomic E-state index is -4.51. The molecule has 1 saturated heterocycles. The van der Waals surface area contributed by atoms with Gasteiger partial charge in [-0.1, -0.05) is 25.1 Å². The van der Waals surface area contributed by atoms with Crippen LogP contribution in [0.15, 0.2) is 22.7 Å². The van der Waals surface area contributed by atoms with E-state index in [9.17, 15) is 22.4 Å². The van der Waals surface area contributed by atoms with E-state index in [1.54, 1.807) is 6.07 Å². The van der Waals surface area contributed by atoms with Gasteiger partial charge in [0, 0.05) is 42.9 Å². The van der Waals surface area contributed by atoms with Gasteiger partial charge in [0.05, 0.1) is 31.4 Å². The molecule has 1 fully saturated rings. The highest BCUT2D eigenvalue weighted by Crippen LogP contribution is 2.36. The van der Waals surface area contributed by atoms with Gasteiger partial charge in [0.25, 0.3) is 0 Å². The Kier molecular flexibility index (Phi) is 8.78. The molecule has 0 radical (unpaired) electrons. The minimum Gasteiger partial charge on any atom is -0.491 e. The molecular formula is C27H31F4N5O4S. The molecule has 14 heteroatoms. The third kappa shape index (κ3) is 7.15. The number of nitrogens with zero attached hydrogens (tertiary/aromatic N) is 5. The van der Waals surface area contributed by atoms with Crippen molar-refractivity contribution in [2.24, 2.45) is 0 Å².